The third-order valence-electron chi connectivity index (χ3n) is 4.97. The molecule has 0 bridgehead atoms. The van der Waals surface area contributed by atoms with Crippen LogP contribution in [0.4, 0.5) is 0 Å². The summed E-state index contributed by atoms with van der Waals surface area (Å²) >= 11 is 0. The summed E-state index contributed by atoms with van der Waals surface area (Å²) in [5.41, 5.74) is 2.32. The predicted molar refractivity (Wildman–Crippen MR) is 93.0 cm³/mol. The second kappa shape index (κ2) is 7.09. The highest BCUT2D eigenvalue weighted by atomic mass is 16.2. The zero-order chi connectivity index (χ0) is 16.2. The lowest BCUT2D eigenvalue weighted by atomic mass is 9.89. The summed E-state index contributed by atoms with van der Waals surface area (Å²) in [6, 6.07) is 10.9. The number of carbonyl (C=O) groups excluding carboxylic acids is 1. The number of para-hydroxylation sites is 1. The van der Waals surface area contributed by atoms with E-state index in [0.717, 1.165) is 38.0 Å². The van der Waals surface area contributed by atoms with E-state index in [1.807, 2.05) is 17.2 Å². The van der Waals surface area contributed by atoms with Crippen LogP contribution in [0.1, 0.15) is 32.3 Å². The molecule has 3 rings (SSSR count). The summed E-state index contributed by atoms with van der Waals surface area (Å²) in [6.45, 7) is 6.44. The van der Waals surface area contributed by atoms with Crippen molar-refractivity contribution in [3.05, 3.63) is 42.1 Å². The van der Waals surface area contributed by atoms with Crippen LogP contribution in [0.15, 0.2) is 36.5 Å². The number of nitrogens with zero attached hydrogens (tertiary/aromatic N) is 2. The third kappa shape index (κ3) is 3.53. The van der Waals surface area contributed by atoms with E-state index in [4.69, 9.17) is 0 Å². The molecular weight excluding hydrogens is 286 g/mol. The first-order valence-corrected chi connectivity index (χ1v) is 8.50. The first-order valence-electron chi connectivity index (χ1n) is 8.50. The molecular formula is C19H25N3O. The molecule has 1 aliphatic rings. The van der Waals surface area contributed by atoms with Gasteiger partial charge in [-0.05, 0) is 24.0 Å². The van der Waals surface area contributed by atoms with E-state index >= 15 is 0 Å². The summed E-state index contributed by atoms with van der Waals surface area (Å²) in [5, 5.41) is 4.90. The Hall–Kier alpha value is -1.94. The smallest absolute Gasteiger partial charge is 0.219 e. The van der Waals surface area contributed by atoms with E-state index in [1.165, 1.54) is 10.9 Å². The average Bonchev–Trinajstić information content (AvgIpc) is 2.59. The van der Waals surface area contributed by atoms with Crippen LogP contribution in [-0.4, -0.2) is 34.9 Å². The highest BCUT2D eigenvalue weighted by Crippen LogP contribution is 2.22. The van der Waals surface area contributed by atoms with Gasteiger partial charge in [-0.25, -0.2) is 0 Å². The minimum absolute atomic E-state index is 0.195. The zero-order valence-corrected chi connectivity index (χ0v) is 14.0. The summed E-state index contributed by atoms with van der Waals surface area (Å²) in [4.78, 5) is 18.1. The SMILES string of the molecule is CC[C@@H]1CN(C(C)=O)CC[C@H]1NCc1cccc2cccnc12. The van der Waals surface area contributed by atoms with Crippen molar-refractivity contribution in [1.29, 1.82) is 0 Å². The molecule has 23 heavy (non-hydrogen) atoms. The lowest BCUT2D eigenvalue weighted by Crippen LogP contribution is -2.50. The second-order valence-corrected chi connectivity index (χ2v) is 6.40. The Labute approximate surface area is 137 Å². The highest BCUT2D eigenvalue weighted by molar-refractivity contribution is 5.81. The van der Waals surface area contributed by atoms with Gasteiger partial charge >= 0.3 is 0 Å². The van der Waals surface area contributed by atoms with E-state index < -0.39 is 0 Å². The van der Waals surface area contributed by atoms with Crippen LogP contribution in [-0.2, 0) is 11.3 Å². The molecule has 1 N–H and O–H groups in total. The largest absolute Gasteiger partial charge is 0.343 e. The quantitative estimate of drug-likeness (QED) is 0.944. The molecule has 1 fully saturated rings. The molecule has 1 aromatic heterocycles. The van der Waals surface area contributed by atoms with Gasteiger partial charge in [-0.1, -0.05) is 37.6 Å². The van der Waals surface area contributed by atoms with Crippen molar-refractivity contribution in [2.24, 2.45) is 5.92 Å². The summed E-state index contributed by atoms with van der Waals surface area (Å²) in [5.74, 6) is 0.718. The number of rotatable bonds is 4. The number of pyridine rings is 1. The van der Waals surface area contributed by atoms with Crippen LogP contribution in [0.25, 0.3) is 10.9 Å². The van der Waals surface area contributed by atoms with E-state index in [2.05, 4.69) is 41.5 Å². The maximum absolute atomic E-state index is 11.6. The Kier molecular flexibility index (Phi) is 4.91. The Morgan fingerprint density at radius 3 is 2.96 bits per heavy atom. The molecule has 1 amide bonds. The Morgan fingerprint density at radius 2 is 2.17 bits per heavy atom. The molecule has 0 aliphatic carbocycles. The monoisotopic (exact) mass is 311 g/mol. The van der Waals surface area contributed by atoms with Crippen LogP contribution < -0.4 is 5.32 Å². The molecule has 4 heteroatoms. The fourth-order valence-corrected chi connectivity index (χ4v) is 3.55. The number of carbonyl (C=O) groups is 1. The van der Waals surface area contributed by atoms with Crippen LogP contribution in [0.5, 0.6) is 0 Å². The van der Waals surface area contributed by atoms with Crippen molar-refractivity contribution in [2.75, 3.05) is 13.1 Å². The molecule has 0 saturated carbocycles. The first kappa shape index (κ1) is 15.9. The lowest BCUT2D eigenvalue weighted by molar-refractivity contribution is -0.131. The minimum Gasteiger partial charge on any atom is -0.343 e. The van der Waals surface area contributed by atoms with Gasteiger partial charge in [0.1, 0.15) is 0 Å². The van der Waals surface area contributed by atoms with E-state index in [1.54, 1.807) is 6.92 Å². The van der Waals surface area contributed by atoms with Gasteiger partial charge in [0.25, 0.3) is 0 Å². The van der Waals surface area contributed by atoms with Crippen LogP contribution >= 0.6 is 0 Å². The van der Waals surface area contributed by atoms with Crippen molar-refractivity contribution < 1.29 is 4.79 Å². The molecule has 122 valence electrons. The number of nitrogens with one attached hydrogen (secondary N) is 1. The lowest BCUT2D eigenvalue weighted by Gasteiger charge is -2.38. The Morgan fingerprint density at radius 1 is 1.35 bits per heavy atom. The predicted octanol–water partition coefficient (Wildman–Crippen LogP) is 2.97. The van der Waals surface area contributed by atoms with Crippen molar-refractivity contribution in [2.45, 2.75) is 39.3 Å². The Balaban J connectivity index is 1.68. The van der Waals surface area contributed by atoms with E-state index in [-0.39, 0.29) is 5.91 Å². The van der Waals surface area contributed by atoms with E-state index in [0.29, 0.717) is 12.0 Å². The fourth-order valence-electron chi connectivity index (χ4n) is 3.55. The number of fused-ring (bicyclic) bond motifs is 1. The standard InChI is InChI=1S/C19H25N3O/c1-3-15-13-22(14(2)23)11-9-18(15)21-12-17-7-4-6-16-8-5-10-20-19(16)17/h4-8,10,15,18,21H,3,9,11-13H2,1-2H3/t15-,18-/m1/s1. The number of aromatic nitrogens is 1. The second-order valence-electron chi connectivity index (χ2n) is 6.40. The van der Waals surface area contributed by atoms with Crippen LogP contribution in [0.3, 0.4) is 0 Å². The Bertz CT molecular complexity index is 680. The van der Waals surface area contributed by atoms with Crippen molar-refractivity contribution in [3.63, 3.8) is 0 Å². The normalized spacial score (nSPS) is 21.6. The van der Waals surface area contributed by atoms with Gasteiger partial charge < -0.3 is 10.2 Å². The molecule has 1 saturated heterocycles. The number of amides is 1. The first-order chi connectivity index (χ1) is 11.2. The van der Waals surface area contributed by atoms with Gasteiger partial charge in [-0.15, -0.1) is 0 Å². The number of piperidine rings is 1. The third-order valence-corrected chi connectivity index (χ3v) is 4.97. The zero-order valence-electron chi connectivity index (χ0n) is 14.0. The van der Waals surface area contributed by atoms with Gasteiger partial charge in [0, 0.05) is 44.2 Å². The highest BCUT2D eigenvalue weighted by Gasteiger charge is 2.28. The molecule has 2 aromatic rings. The van der Waals surface area contributed by atoms with Crippen molar-refractivity contribution in [1.82, 2.24) is 15.2 Å². The molecule has 0 unspecified atom stereocenters. The van der Waals surface area contributed by atoms with Crippen molar-refractivity contribution in [3.8, 4) is 0 Å². The average molecular weight is 311 g/mol. The van der Waals surface area contributed by atoms with Gasteiger partial charge in [0.15, 0.2) is 0 Å². The van der Waals surface area contributed by atoms with Gasteiger partial charge in [0.05, 0.1) is 5.52 Å². The summed E-state index contributed by atoms with van der Waals surface area (Å²) in [6.07, 6.45) is 3.97. The van der Waals surface area contributed by atoms with Gasteiger partial charge in [0.2, 0.25) is 5.91 Å². The molecule has 2 heterocycles. The fraction of sp³-hybridized carbons (Fsp3) is 0.474. The van der Waals surface area contributed by atoms with Crippen molar-refractivity contribution >= 4 is 16.8 Å². The van der Waals surface area contributed by atoms with Crippen LogP contribution in [0.2, 0.25) is 0 Å². The molecule has 1 aromatic carbocycles. The summed E-state index contributed by atoms with van der Waals surface area (Å²) < 4.78 is 0. The van der Waals surface area contributed by atoms with E-state index in [9.17, 15) is 4.79 Å². The van der Waals surface area contributed by atoms with Gasteiger partial charge in [-0.3, -0.25) is 9.78 Å². The molecule has 0 spiro atoms. The summed E-state index contributed by atoms with van der Waals surface area (Å²) in [7, 11) is 0. The number of hydrogen-bond donors (Lipinski definition) is 1. The topological polar surface area (TPSA) is 45.2 Å². The van der Waals surface area contributed by atoms with Crippen LogP contribution in [0, 0.1) is 5.92 Å². The van der Waals surface area contributed by atoms with Gasteiger partial charge in [-0.2, -0.15) is 0 Å². The number of likely N-dealkylation sites (tertiary alicyclic amines) is 1. The number of hydrogen-bond acceptors (Lipinski definition) is 3. The molecule has 1 aliphatic heterocycles. The maximum Gasteiger partial charge on any atom is 0.219 e. The molecule has 2 atom stereocenters. The maximum atomic E-state index is 11.6. The molecule has 0 radical (unpaired) electrons. The number of benzene rings is 1. The molecule has 4 nitrogen and oxygen atoms in total. The minimum atomic E-state index is 0.195.